The molecule has 1 aliphatic heterocycles. The van der Waals surface area contributed by atoms with Gasteiger partial charge in [-0.2, -0.15) is 0 Å². The minimum absolute atomic E-state index is 0.767. The van der Waals surface area contributed by atoms with Gasteiger partial charge in [0.2, 0.25) is 0 Å². The SMILES string of the molecule is CC1CCC(NCC2CCCOC2)CC1C. The Labute approximate surface area is 100 Å². The molecule has 4 atom stereocenters. The van der Waals surface area contributed by atoms with Gasteiger partial charge in [0, 0.05) is 19.2 Å². The molecule has 2 fully saturated rings. The van der Waals surface area contributed by atoms with E-state index in [1.807, 2.05) is 0 Å². The number of hydrogen-bond acceptors (Lipinski definition) is 2. The summed E-state index contributed by atoms with van der Waals surface area (Å²) in [6.07, 6.45) is 6.75. The molecule has 4 unspecified atom stereocenters. The Morgan fingerprint density at radius 3 is 2.69 bits per heavy atom. The molecule has 1 saturated heterocycles. The number of ether oxygens (including phenoxy) is 1. The molecule has 0 radical (unpaired) electrons. The van der Waals surface area contributed by atoms with Gasteiger partial charge in [0.25, 0.3) is 0 Å². The van der Waals surface area contributed by atoms with Gasteiger partial charge in [-0.1, -0.05) is 13.8 Å². The van der Waals surface area contributed by atoms with Gasteiger partial charge in [0.05, 0.1) is 6.61 Å². The third kappa shape index (κ3) is 3.46. The molecule has 94 valence electrons. The Morgan fingerprint density at radius 1 is 1.12 bits per heavy atom. The monoisotopic (exact) mass is 225 g/mol. The summed E-state index contributed by atoms with van der Waals surface area (Å²) >= 11 is 0. The largest absolute Gasteiger partial charge is 0.381 e. The summed E-state index contributed by atoms with van der Waals surface area (Å²) in [5.41, 5.74) is 0. The highest BCUT2D eigenvalue weighted by Gasteiger charge is 2.25. The van der Waals surface area contributed by atoms with Crippen molar-refractivity contribution in [1.29, 1.82) is 0 Å². The lowest BCUT2D eigenvalue weighted by atomic mass is 9.79. The maximum atomic E-state index is 5.52. The fourth-order valence-corrected chi connectivity index (χ4v) is 3.03. The first kappa shape index (κ1) is 12.4. The van der Waals surface area contributed by atoms with Crippen LogP contribution in [-0.2, 0) is 4.74 Å². The minimum atomic E-state index is 0.767. The second kappa shape index (κ2) is 6.02. The Hall–Kier alpha value is -0.0800. The summed E-state index contributed by atoms with van der Waals surface area (Å²) in [5, 5.41) is 3.76. The molecule has 1 saturated carbocycles. The van der Waals surface area contributed by atoms with E-state index in [9.17, 15) is 0 Å². The van der Waals surface area contributed by atoms with Gasteiger partial charge in [-0.25, -0.2) is 0 Å². The van der Waals surface area contributed by atoms with Crippen molar-refractivity contribution in [3.63, 3.8) is 0 Å². The molecule has 2 heteroatoms. The van der Waals surface area contributed by atoms with E-state index >= 15 is 0 Å². The average Bonchev–Trinajstić information content (AvgIpc) is 2.32. The topological polar surface area (TPSA) is 21.3 Å². The number of rotatable bonds is 3. The fraction of sp³-hybridized carbons (Fsp3) is 1.00. The van der Waals surface area contributed by atoms with Crippen LogP contribution in [0.25, 0.3) is 0 Å². The van der Waals surface area contributed by atoms with Crippen molar-refractivity contribution in [3.05, 3.63) is 0 Å². The molecule has 0 aromatic heterocycles. The summed E-state index contributed by atoms with van der Waals surface area (Å²) in [4.78, 5) is 0. The molecule has 16 heavy (non-hydrogen) atoms. The quantitative estimate of drug-likeness (QED) is 0.797. The van der Waals surface area contributed by atoms with Crippen LogP contribution in [0.2, 0.25) is 0 Å². The van der Waals surface area contributed by atoms with E-state index in [1.165, 1.54) is 38.6 Å². The molecule has 1 heterocycles. The van der Waals surface area contributed by atoms with Gasteiger partial charge in [0.1, 0.15) is 0 Å². The molecular formula is C14H27NO. The van der Waals surface area contributed by atoms with Crippen molar-refractivity contribution < 1.29 is 4.74 Å². The third-order valence-corrected chi connectivity index (χ3v) is 4.55. The maximum Gasteiger partial charge on any atom is 0.0506 e. The van der Waals surface area contributed by atoms with E-state index in [2.05, 4.69) is 19.2 Å². The standard InChI is InChI=1S/C14H27NO/c1-11-5-6-14(8-12(11)2)15-9-13-4-3-7-16-10-13/h11-15H,3-10H2,1-2H3. The zero-order valence-electron chi connectivity index (χ0n) is 10.9. The van der Waals surface area contributed by atoms with Crippen LogP contribution in [0.4, 0.5) is 0 Å². The van der Waals surface area contributed by atoms with Crippen molar-refractivity contribution in [3.8, 4) is 0 Å². The highest BCUT2D eigenvalue weighted by atomic mass is 16.5. The first-order valence-electron chi connectivity index (χ1n) is 7.07. The molecule has 1 N–H and O–H groups in total. The van der Waals surface area contributed by atoms with Crippen molar-refractivity contribution in [2.45, 2.75) is 52.0 Å². The Balaban J connectivity index is 1.65. The first-order valence-corrected chi connectivity index (χ1v) is 7.07. The molecule has 2 nitrogen and oxygen atoms in total. The van der Waals surface area contributed by atoms with Gasteiger partial charge in [-0.05, 0) is 49.9 Å². The Kier molecular flexibility index (Phi) is 4.66. The molecular weight excluding hydrogens is 198 g/mol. The maximum absolute atomic E-state index is 5.52. The summed E-state index contributed by atoms with van der Waals surface area (Å²) in [6.45, 7) is 7.93. The normalized spacial score (nSPS) is 40.9. The second-order valence-electron chi connectivity index (χ2n) is 5.96. The van der Waals surface area contributed by atoms with E-state index in [0.717, 1.165) is 37.0 Å². The molecule has 0 bridgehead atoms. The average molecular weight is 225 g/mol. The predicted octanol–water partition coefficient (Wildman–Crippen LogP) is 2.83. The van der Waals surface area contributed by atoms with Crippen LogP contribution in [0.3, 0.4) is 0 Å². The Bertz CT molecular complexity index is 201. The summed E-state index contributed by atoms with van der Waals surface area (Å²) < 4.78 is 5.52. The molecule has 1 aliphatic carbocycles. The molecule has 0 amide bonds. The smallest absolute Gasteiger partial charge is 0.0506 e. The lowest BCUT2D eigenvalue weighted by Gasteiger charge is -2.34. The highest BCUT2D eigenvalue weighted by Crippen LogP contribution is 2.29. The van der Waals surface area contributed by atoms with Crippen LogP contribution in [0.5, 0.6) is 0 Å². The number of hydrogen-bond donors (Lipinski definition) is 1. The molecule has 0 aromatic carbocycles. The van der Waals surface area contributed by atoms with Crippen molar-refractivity contribution in [1.82, 2.24) is 5.32 Å². The molecule has 2 rings (SSSR count). The van der Waals surface area contributed by atoms with Gasteiger partial charge in [-0.15, -0.1) is 0 Å². The van der Waals surface area contributed by atoms with Crippen LogP contribution >= 0.6 is 0 Å². The highest BCUT2D eigenvalue weighted by molar-refractivity contribution is 4.80. The zero-order valence-corrected chi connectivity index (χ0v) is 10.9. The van der Waals surface area contributed by atoms with E-state index in [0.29, 0.717) is 0 Å². The molecule has 0 spiro atoms. The van der Waals surface area contributed by atoms with Crippen LogP contribution < -0.4 is 5.32 Å². The van der Waals surface area contributed by atoms with Crippen molar-refractivity contribution in [2.75, 3.05) is 19.8 Å². The van der Waals surface area contributed by atoms with E-state index in [1.54, 1.807) is 0 Å². The van der Waals surface area contributed by atoms with Gasteiger partial charge < -0.3 is 10.1 Å². The van der Waals surface area contributed by atoms with Crippen LogP contribution in [0, 0.1) is 17.8 Å². The van der Waals surface area contributed by atoms with E-state index in [-0.39, 0.29) is 0 Å². The molecule has 0 aromatic rings. The van der Waals surface area contributed by atoms with Gasteiger partial charge >= 0.3 is 0 Å². The third-order valence-electron chi connectivity index (χ3n) is 4.55. The number of nitrogens with one attached hydrogen (secondary N) is 1. The summed E-state index contributed by atoms with van der Waals surface area (Å²) in [5.74, 6) is 2.59. The first-order chi connectivity index (χ1) is 7.75. The summed E-state index contributed by atoms with van der Waals surface area (Å²) in [6, 6.07) is 0.771. The van der Waals surface area contributed by atoms with Crippen molar-refractivity contribution >= 4 is 0 Å². The fourth-order valence-electron chi connectivity index (χ4n) is 3.03. The van der Waals surface area contributed by atoms with E-state index in [4.69, 9.17) is 4.74 Å². The Morgan fingerprint density at radius 2 is 2.00 bits per heavy atom. The second-order valence-corrected chi connectivity index (χ2v) is 5.96. The minimum Gasteiger partial charge on any atom is -0.381 e. The van der Waals surface area contributed by atoms with E-state index < -0.39 is 0 Å². The van der Waals surface area contributed by atoms with Crippen LogP contribution in [0.15, 0.2) is 0 Å². The lowest BCUT2D eigenvalue weighted by molar-refractivity contribution is 0.0524. The predicted molar refractivity (Wildman–Crippen MR) is 67.5 cm³/mol. The van der Waals surface area contributed by atoms with Crippen LogP contribution in [-0.4, -0.2) is 25.8 Å². The molecule has 2 aliphatic rings. The van der Waals surface area contributed by atoms with Gasteiger partial charge in [-0.3, -0.25) is 0 Å². The summed E-state index contributed by atoms with van der Waals surface area (Å²) in [7, 11) is 0. The lowest BCUT2D eigenvalue weighted by Crippen LogP contribution is -2.40. The van der Waals surface area contributed by atoms with Gasteiger partial charge in [0.15, 0.2) is 0 Å². The zero-order chi connectivity index (χ0) is 11.4. The van der Waals surface area contributed by atoms with Crippen LogP contribution in [0.1, 0.15) is 46.0 Å². The van der Waals surface area contributed by atoms with Crippen molar-refractivity contribution in [2.24, 2.45) is 17.8 Å².